The Kier molecular flexibility index (Phi) is 7.00. The molecule has 0 aliphatic heterocycles. The SMILES string of the molecule is CN(C(=O)CNC(=O)OC(C)(C)C)c1ccccc1Oc1ccccc1CO. The van der Waals surface area contributed by atoms with Crippen LogP contribution in [0.2, 0.25) is 0 Å². The molecule has 0 heterocycles. The van der Waals surface area contributed by atoms with Gasteiger partial charge in [-0.15, -0.1) is 0 Å². The Hall–Kier alpha value is -3.06. The molecule has 0 aromatic heterocycles. The zero-order valence-electron chi connectivity index (χ0n) is 16.6. The van der Waals surface area contributed by atoms with Crippen molar-refractivity contribution in [2.45, 2.75) is 33.0 Å². The molecule has 0 bridgehead atoms. The second-order valence-corrected chi connectivity index (χ2v) is 7.14. The zero-order chi connectivity index (χ0) is 20.7. The first-order valence-corrected chi connectivity index (χ1v) is 8.90. The summed E-state index contributed by atoms with van der Waals surface area (Å²) in [6, 6.07) is 14.2. The topological polar surface area (TPSA) is 88.1 Å². The first-order chi connectivity index (χ1) is 13.2. The maximum absolute atomic E-state index is 12.5. The summed E-state index contributed by atoms with van der Waals surface area (Å²) in [5, 5.41) is 11.9. The predicted molar refractivity (Wildman–Crippen MR) is 107 cm³/mol. The molecule has 150 valence electrons. The molecule has 2 aromatic rings. The van der Waals surface area contributed by atoms with Crippen LogP contribution in [0.3, 0.4) is 0 Å². The molecule has 2 N–H and O–H groups in total. The number of para-hydroxylation sites is 3. The van der Waals surface area contributed by atoms with E-state index in [1.807, 2.05) is 6.07 Å². The molecule has 0 saturated heterocycles. The molecule has 0 aliphatic carbocycles. The number of carbonyl (C=O) groups is 2. The Labute approximate surface area is 164 Å². The van der Waals surface area contributed by atoms with Gasteiger partial charge in [-0.25, -0.2) is 4.79 Å². The van der Waals surface area contributed by atoms with Gasteiger partial charge in [-0.2, -0.15) is 0 Å². The van der Waals surface area contributed by atoms with Crippen LogP contribution in [0, 0.1) is 0 Å². The van der Waals surface area contributed by atoms with Gasteiger partial charge >= 0.3 is 6.09 Å². The average Bonchev–Trinajstić information content (AvgIpc) is 2.65. The van der Waals surface area contributed by atoms with E-state index in [-0.39, 0.29) is 19.1 Å². The van der Waals surface area contributed by atoms with E-state index in [4.69, 9.17) is 9.47 Å². The van der Waals surface area contributed by atoms with E-state index in [1.165, 1.54) is 4.90 Å². The van der Waals surface area contributed by atoms with E-state index in [0.29, 0.717) is 22.7 Å². The lowest BCUT2D eigenvalue weighted by atomic mass is 10.2. The Balaban J connectivity index is 2.10. The molecule has 0 saturated carbocycles. The van der Waals surface area contributed by atoms with Crippen LogP contribution in [-0.4, -0.2) is 36.3 Å². The van der Waals surface area contributed by atoms with Gasteiger partial charge in [-0.05, 0) is 39.0 Å². The summed E-state index contributed by atoms with van der Waals surface area (Å²) in [6.07, 6.45) is -0.657. The van der Waals surface area contributed by atoms with Crippen LogP contribution in [0.1, 0.15) is 26.3 Å². The monoisotopic (exact) mass is 386 g/mol. The number of hydrogen-bond acceptors (Lipinski definition) is 5. The number of hydrogen-bond donors (Lipinski definition) is 2. The van der Waals surface area contributed by atoms with Crippen LogP contribution in [-0.2, 0) is 16.1 Å². The van der Waals surface area contributed by atoms with Crippen molar-refractivity contribution in [2.75, 3.05) is 18.5 Å². The van der Waals surface area contributed by atoms with Crippen LogP contribution in [0.4, 0.5) is 10.5 Å². The number of aliphatic hydroxyl groups excluding tert-OH is 1. The third-order valence-corrected chi connectivity index (χ3v) is 3.75. The van der Waals surface area contributed by atoms with Crippen molar-refractivity contribution in [2.24, 2.45) is 0 Å². The standard InChI is InChI=1S/C21H26N2O5/c1-21(2,3)28-20(26)22-13-19(25)23(4)16-10-6-8-12-18(16)27-17-11-7-5-9-15(17)14-24/h5-12,24H,13-14H2,1-4H3,(H,22,26). The number of nitrogens with zero attached hydrogens (tertiary/aromatic N) is 1. The molecule has 2 amide bonds. The second kappa shape index (κ2) is 9.23. The number of rotatable bonds is 6. The maximum Gasteiger partial charge on any atom is 0.408 e. The Bertz CT molecular complexity index is 830. The minimum Gasteiger partial charge on any atom is -0.455 e. The summed E-state index contributed by atoms with van der Waals surface area (Å²) in [7, 11) is 1.60. The smallest absolute Gasteiger partial charge is 0.408 e. The van der Waals surface area contributed by atoms with E-state index in [1.54, 1.807) is 70.3 Å². The fourth-order valence-electron chi connectivity index (χ4n) is 2.39. The van der Waals surface area contributed by atoms with E-state index >= 15 is 0 Å². The lowest BCUT2D eigenvalue weighted by Gasteiger charge is -2.22. The number of carbonyl (C=O) groups excluding carboxylic acids is 2. The molecule has 28 heavy (non-hydrogen) atoms. The van der Waals surface area contributed by atoms with E-state index in [0.717, 1.165) is 0 Å². The first-order valence-electron chi connectivity index (χ1n) is 8.90. The minimum atomic E-state index is -0.657. The largest absolute Gasteiger partial charge is 0.455 e. The number of ether oxygens (including phenoxy) is 2. The molecule has 0 radical (unpaired) electrons. The first kappa shape index (κ1) is 21.2. The van der Waals surface area contributed by atoms with Gasteiger partial charge in [0.15, 0.2) is 5.75 Å². The molecule has 0 unspecified atom stereocenters. The molecule has 7 nitrogen and oxygen atoms in total. The number of benzene rings is 2. The lowest BCUT2D eigenvalue weighted by molar-refractivity contribution is -0.117. The fourth-order valence-corrected chi connectivity index (χ4v) is 2.39. The van der Waals surface area contributed by atoms with Gasteiger partial charge in [0.2, 0.25) is 5.91 Å². The highest BCUT2D eigenvalue weighted by atomic mass is 16.6. The summed E-state index contributed by atoms with van der Waals surface area (Å²) in [4.78, 5) is 25.6. The second-order valence-electron chi connectivity index (χ2n) is 7.14. The third kappa shape index (κ3) is 5.99. The highest BCUT2D eigenvalue weighted by molar-refractivity contribution is 5.97. The van der Waals surface area contributed by atoms with E-state index in [9.17, 15) is 14.7 Å². The Morgan fingerprint density at radius 2 is 1.64 bits per heavy atom. The summed E-state index contributed by atoms with van der Waals surface area (Å²) in [5.74, 6) is 0.624. The molecular weight excluding hydrogens is 360 g/mol. The molecule has 2 rings (SSSR count). The normalized spacial score (nSPS) is 10.9. The number of anilines is 1. The molecule has 0 spiro atoms. The quantitative estimate of drug-likeness (QED) is 0.794. The summed E-state index contributed by atoms with van der Waals surface area (Å²) < 4.78 is 11.1. The molecule has 0 aliphatic rings. The van der Waals surface area contributed by atoms with E-state index in [2.05, 4.69) is 5.32 Å². The third-order valence-electron chi connectivity index (χ3n) is 3.75. The van der Waals surface area contributed by atoms with Gasteiger partial charge in [0.25, 0.3) is 0 Å². The number of alkyl carbamates (subject to hydrolysis) is 1. The lowest BCUT2D eigenvalue weighted by Crippen LogP contribution is -2.40. The maximum atomic E-state index is 12.5. The van der Waals surface area contributed by atoms with Crippen LogP contribution in [0.25, 0.3) is 0 Å². The van der Waals surface area contributed by atoms with Gasteiger partial charge < -0.3 is 24.8 Å². The van der Waals surface area contributed by atoms with Crippen LogP contribution >= 0.6 is 0 Å². The number of aliphatic hydroxyl groups is 1. The van der Waals surface area contributed by atoms with Crippen molar-refractivity contribution >= 4 is 17.7 Å². The van der Waals surface area contributed by atoms with Crippen LogP contribution < -0.4 is 15.0 Å². The molecular formula is C21H26N2O5. The number of amides is 2. The van der Waals surface area contributed by atoms with Crippen LogP contribution in [0.5, 0.6) is 11.5 Å². The van der Waals surface area contributed by atoms with Crippen LogP contribution in [0.15, 0.2) is 48.5 Å². The molecule has 0 fully saturated rings. The summed E-state index contributed by atoms with van der Waals surface area (Å²) in [6.45, 7) is 4.87. The van der Waals surface area contributed by atoms with Crippen molar-refractivity contribution in [3.05, 3.63) is 54.1 Å². The fraction of sp³-hybridized carbons (Fsp3) is 0.333. The zero-order valence-corrected chi connectivity index (χ0v) is 16.6. The van der Waals surface area contributed by atoms with Crippen molar-refractivity contribution < 1.29 is 24.2 Å². The number of likely N-dealkylation sites (N-methyl/N-ethyl adjacent to an activating group) is 1. The average molecular weight is 386 g/mol. The van der Waals surface area contributed by atoms with Crippen molar-refractivity contribution in [1.29, 1.82) is 0 Å². The van der Waals surface area contributed by atoms with Crippen molar-refractivity contribution in [3.8, 4) is 11.5 Å². The van der Waals surface area contributed by atoms with Gasteiger partial charge in [0.1, 0.15) is 17.9 Å². The van der Waals surface area contributed by atoms with Gasteiger partial charge in [0.05, 0.1) is 12.3 Å². The highest BCUT2D eigenvalue weighted by Gasteiger charge is 2.20. The van der Waals surface area contributed by atoms with Crippen molar-refractivity contribution in [1.82, 2.24) is 5.32 Å². The molecule has 2 aromatic carbocycles. The summed E-state index contributed by atoms with van der Waals surface area (Å²) >= 11 is 0. The molecule has 7 heteroatoms. The highest BCUT2D eigenvalue weighted by Crippen LogP contribution is 2.33. The van der Waals surface area contributed by atoms with Gasteiger partial charge in [-0.1, -0.05) is 30.3 Å². The van der Waals surface area contributed by atoms with E-state index < -0.39 is 11.7 Å². The minimum absolute atomic E-state index is 0.160. The predicted octanol–water partition coefficient (Wildman–Crippen LogP) is 3.46. The Morgan fingerprint density at radius 3 is 2.29 bits per heavy atom. The van der Waals surface area contributed by atoms with Gasteiger partial charge in [-0.3, -0.25) is 4.79 Å². The summed E-state index contributed by atoms with van der Waals surface area (Å²) in [5.41, 5.74) is 0.531. The van der Waals surface area contributed by atoms with Crippen molar-refractivity contribution in [3.63, 3.8) is 0 Å². The molecule has 0 atom stereocenters. The number of nitrogens with one attached hydrogen (secondary N) is 1. The van der Waals surface area contributed by atoms with Gasteiger partial charge in [0, 0.05) is 12.6 Å². The Morgan fingerprint density at radius 1 is 1.04 bits per heavy atom.